The van der Waals surface area contributed by atoms with Gasteiger partial charge in [-0.15, -0.1) is 11.8 Å². The number of pyridine rings is 1. The van der Waals surface area contributed by atoms with Gasteiger partial charge in [-0.3, -0.25) is 19.3 Å². The lowest BCUT2D eigenvalue weighted by molar-refractivity contribution is 0.0218. The Hall–Kier alpha value is -2.94. The summed E-state index contributed by atoms with van der Waals surface area (Å²) in [5.41, 5.74) is 2.56. The fourth-order valence-corrected chi connectivity index (χ4v) is 6.69. The molecule has 1 amide bonds. The van der Waals surface area contributed by atoms with Gasteiger partial charge in [-0.05, 0) is 36.1 Å². The molecule has 0 aliphatic carbocycles. The Balaban J connectivity index is 1.59. The minimum absolute atomic E-state index is 0.0155. The van der Waals surface area contributed by atoms with Crippen molar-refractivity contribution in [2.45, 2.75) is 35.6 Å². The second-order valence-corrected chi connectivity index (χ2v) is 10.4. The van der Waals surface area contributed by atoms with Crippen LogP contribution in [0.1, 0.15) is 46.1 Å². The van der Waals surface area contributed by atoms with Gasteiger partial charge in [-0.25, -0.2) is 0 Å². The van der Waals surface area contributed by atoms with Crippen molar-refractivity contribution < 1.29 is 14.6 Å². The Morgan fingerprint density at radius 3 is 2.66 bits per heavy atom. The van der Waals surface area contributed by atoms with Gasteiger partial charge in [0.2, 0.25) is 5.43 Å². The first kappa shape index (κ1) is 22.5. The van der Waals surface area contributed by atoms with E-state index in [1.807, 2.05) is 29.3 Å². The minimum Gasteiger partial charge on any atom is -0.502 e. The summed E-state index contributed by atoms with van der Waals surface area (Å²) in [5.74, 6) is -0.115. The Kier molecular flexibility index (Phi) is 5.75. The van der Waals surface area contributed by atoms with Gasteiger partial charge in [0.1, 0.15) is 12.7 Å². The second kappa shape index (κ2) is 8.93. The first-order chi connectivity index (χ1) is 17.0. The number of amides is 1. The third-order valence-corrected chi connectivity index (χ3v) is 8.50. The highest BCUT2D eigenvalue weighted by Gasteiger charge is 2.41. The Bertz CT molecular complexity index is 1370. The normalized spacial score (nSPS) is 20.1. The summed E-state index contributed by atoms with van der Waals surface area (Å²) < 4.78 is 7.17. The van der Waals surface area contributed by atoms with E-state index in [0.29, 0.717) is 31.1 Å². The van der Waals surface area contributed by atoms with E-state index in [-0.39, 0.29) is 30.4 Å². The molecular weight excluding hydrogens is 486 g/mol. The van der Waals surface area contributed by atoms with E-state index in [4.69, 9.17) is 16.3 Å². The van der Waals surface area contributed by atoms with Gasteiger partial charge in [0.25, 0.3) is 5.91 Å². The molecule has 6 rings (SSSR count). The van der Waals surface area contributed by atoms with Crippen LogP contribution in [0.2, 0.25) is 5.02 Å². The molecule has 4 heterocycles. The van der Waals surface area contributed by atoms with Crippen LogP contribution in [0.5, 0.6) is 5.75 Å². The Morgan fingerprint density at radius 2 is 1.83 bits per heavy atom. The predicted molar refractivity (Wildman–Crippen MR) is 135 cm³/mol. The van der Waals surface area contributed by atoms with E-state index < -0.39 is 11.2 Å². The van der Waals surface area contributed by atoms with Crippen molar-refractivity contribution >= 4 is 29.3 Å². The maximum atomic E-state index is 13.7. The largest absolute Gasteiger partial charge is 0.502 e. The summed E-state index contributed by atoms with van der Waals surface area (Å²) >= 11 is 8.60. The zero-order chi connectivity index (χ0) is 24.1. The van der Waals surface area contributed by atoms with Crippen molar-refractivity contribution in [3.05, 3.63) is 92.4 Å². The lowest BCUT2D eigenvalue weighted by atomic mass is 9.94. The number of ether oxygens (including phenoxy) is 1. The van der Waals surface area contributed by atoms with Crippen molar-refractivity contribution in [2.24, 2.45) is 0 Å². The fraction of sp³-hybridized carbons (Fsp3) is 0.308. The third-order valence-electron chi connectivity index (χ3n) is 7.03. The SMILES string of the molecule is O=C1c2c(O)c(=O)ccn2N([C@@H]2c3ccccc3SCc3cccc(Cl)c32)CN1C1CCOCC1. The maximum Gasteiger partial charge on any atom is 0.278 e. The molecular formula is C26H24ClN3O4S. The van der Waals surface area contributed by atoms with E-state index in [1.54, 1.807) is 27.5 Å². The fourth-order valence-electron chi connectivity index (χ4n) is 5.31. The molecule has 0 spiro atoms. The molecule has 7 nitrogen and oxygen atoms in total. The summed E-state index contributed by atoms with van der Waals surface area (Å²) in [4.78, 5) is 29.0. The van der Waals surface area contributed by atoms with Gasteiger partial charge < -0.3 is 14.7 Å². The lowest BCUT2D eigenvalue weighted by Gasteiger charge is -2.47. The van der Waals surface area contributed by atoms with Crippen molar-refractivity contribution in [1.82, 2.24) is 9.58 Å². The highest BCUT2D eigenvalue weighted by molar-refractivity contribution is 7.98. The summed E-state index contributed by atoms with van der Waals surface area (Å²) in [7, 11) is 0. The molecule has 1 atom stereocenters. The molecule has 3 aliphatic heterocycles. The van der Waals surface area contributed by atoms with Gasteiger partial charge in [0.15, 0.2) is 11.4 Å². The number of fused-ring (bicyclic) bond motifs is 3. The number of nitrogens with zero attached hydrogens (tertiary/aromatic N) is 3. The summed E-state index contributed by atoms with van der Waals surface area (Å²) in [6, 6.07) is 15.1. The third kappa shape index (κ3) is 3.71. The van der Waals surface area contributed by atoms with E-state index in [0.717, 1.165) is 27.3 Å². The number of aromatic hydroxyl groups is 1. The molecule has 0 radical (unpaired) electrons. The Morgan fingerprint density at radius 1 is 1.03 bits per heavy atom. The van der Waals surface area contributed by atoms with Crippen LogP contribution in [0, 0.1) is 0 Å². The quantitative estimate of drug-likeness (QED) is 0.560. The molecule has 0 bridgehead atoms. The van der Waals surface area contributed by atoms with Gasteiger partial charge in [0, 0.05) is 52.8 Å². The molecule has 1 saturated heterocycles. The monoisotopic (exact) mass is 509 g/mol. The number of thioether (sulfide) groups is 1. The number of halogens is 1. The van der Waals surface area contributed by atoms with Crippen LogP contribution in [-0.4, -0.2) is 46.5 Å². The highest BCUT2D eigenvalue weighted by atomic mass is 35.5. The van der Waals surface area contributed by atoms with Crippen molar-refractivity contribution in [3.63, 3.8) is 0 Å². The molecule has 2 aromatic carbocycles. The first-order valence-corrected chi connectivity index (χ1v) is 13.0. The number of carbonyl (C=O) groups is 1. The van der Waals surface area contributed by atoms with Crippen molar-refractivity contribution in [2.75, 3.05) is 24.9 Å². The van der Waals surface area contributed by atoms with Crippen LogP contribution < -0.4 is 10.4 Å². The summed E-state index contributed by atoms with van der Waals surface area (Å²) in [6.45, 7) is 1.42. The summed E-state index contributed by atoms with van der Waals surface area (Å²) in [5, 5.41) is 13.5. The van der Waals surface area contributed by atoms with Gasteiger partial charge in [0.05, 0.1) is 0 Å². The van der Waals surface area contributed by atoms with Gasteiger partial charge >= 0.3 is 0 Å². The van der Waals surface area contributed by atoms with Crippen molar-refractivity contribution in [1.29, 1.82) is 0 Å². The standard InChI is InChI=1S/C26H24ClN3O4S/c27-19-6-3-4-16-14-35-21-7-2-1-5-18(21)23(22(16)19)30-15-28(17-9-12-34-13-10-17)26(33)24-25(32)20(31)8-11-29(24)30/h1-8,11,17,23,32H,9-10,12-15H2/t23-/m1/s1. The average Bonchev–Trinajstić information content (AvgIpc) is 3.05. The van der Waals surface area contributed by atoms with Crippen LogP contribution in [0.3, 0.4) is 0 Å². The molecule has 35 heavy (non-hydrogen) atoms. The van der Waals surface area contributed by atoms with E-state index in [1.165, 1.54) is 6.07 Å². The minimum atomic E-state index is -0.575. The van der Waals surface area contributed by atoms with Crippen LogP contribution >= 0.6 is 23.4 Å². The number of hydrogen-bond acceptors (Lipinski definition) is 6. The maximum absolute atomic E-state index is 13.7. The second-order valence-electron chi connectivity index (χ2n) is 8.96. The predicted octanol–water partition coefficient (Wildman–Crippen LogP) is 4.13. The Labute approximate surface area is 211 Å². The van der Waals surface area contributed by atoms with Gasteiger partial charge in [-0.2, -0.15) is 0 Å². The summed E-state index contributed by atoms with van der Waals surface area (Å²) in [6.07, 6.45) is 2.98. The van der Waals surface area contributed by atoms with E-state index >= 15 is 0 Å². The molecule has 1 aromatic heterocycles. The van der Waals surface area contributed by atoms with Crippen LogP contribution in [-0.2, 0) is 10.5 Å². The van der Waals surface area contributed by atoms with Crippen LogP contribution in [0.4, 0.5) is 0 Å². The van der Waals surface area contributed by atoms with E-state index in [9.17, 15) is 14.7 Å². The molecule has 9 heteroatoms. The van der Waals surface area contributed by atoms with E-state index in [2.05, 4.69) is 18.2 Å². The van der Waals surface area contributed by atoms with Crippen LogP contribution in [0.15, 0.2) is 64.4 Å². The highest BCUT2D eigenvalue weighted by Crippen LogP contribution is 2.45. The zero-order valence-electron chi connectivity index (χ0n) is 18.9. The smallest absolute Gasteiger partial charge is 0.278 e. The number of benzene rings is 2. The van der Waals surface area contributed by atoms with Crippen LogP contribution in [0.25, 0.3) is 0 Å². The lowest BCUT2D eigenvalue weighted by Crippen LogP contribution is -2.59. The topological polar surface area (TPSA) is 75.0 Å². The average molecular weight is 510 g/mol. The number of carbonyl (C=O) groups excluding carboxylic acids is 1. The first-order valence-electron chi connectivity index (χ1n) is 11.6. The van der Waals surface area contributed by atoms with Gasteiger partial charge in [-0.1, -0.05) is 41.9 Å². The zero-order valence-corrected chi connectivity index (χ0v) is 20.5. The molecule has 180 valence electrons. The molecule has 3 aromatic rings. The molecule has 1 fully saturated rings. The number of aromatic nitrogens is 1. The molecule has 0 saturated carbocycles. The van der Waals surface area contributed by atoms with Crippen molar-refractivity contribution in [3.8, 4) is 5.75 Å². The number of hydrogen-bond donors (Lipinski definition) is 1. The number of rotatable bonds is 2. The molecule has 0 unspecified atom stereocenters. The molecule has 1 N–H and O–H groups in total. The molecule has 3 aliphatic rings.